The SMILES string of the molecule is CC(=O)N[C@H]1[C@H](O[C@H]2[C@H](O[C@@H]3O[C@@H](C)[C@@H](O)[C@@H](O)[C@@H]3O)[C@@H](NC(C)=O)C(O)O[C@@H]2CO)O[C@H](CO)[C@@H](O[C@@H]2O[C@H](CO[C@H]3O[C@H](CO)[C@@H](O)[C@H](O)[C@@H]3O)[C@@H](O)[C@H](O[C@H]3O[C@H](CO)[C@@H](O[C@@H]4O[C@H](CO)[C@@H](O)[C@H](O[C@@H]5O[C@H](CO)[C@H](O)[C@H](O)[C@H]5O)[C@H]4NC(C)=O)[C@H](O)[C@@H]3O)[C@@H]2O[C@@H]2O[C@H](CO)[C@H](O)[C@H]2O)[C@@H]1O. The third-order valence-electron chi connectivity index (χ3n) is 19.6. The van der Waals surface area contributed by atoms with Crippen LogP contribution < -0.4 is 16.0 Å². The van der Waals surface area contributed by atoms with E-state index in [9.17, 15) is 137 Å². The van der Waals surface area contributed by atoms with E-state index in [1.807, 2.05) is 0 Å². The maximum atomic E-state index is 13.2. The highest BCUT2D eigenvalue weighted by Crippen LogP contribution is 2.41. The van der Waals surface area contributed by atoms with E-state index in [0.29, 0.717) is 0 Å². The van der Waals surface area contributed by atoms with Crippen LogP contribution in [0, 0.1) is 0 Å². The van der Waals surface area contributed by atoms with E-state index in [1.54, 1.807) is 0 Å². The van der Waals surface area contributed by atoms with Gasteiger partial charge in [-0.1, -0.05) is 0 Å². The lowest BCUT2D eigenvalue weighted by atomic mass is 9.93. The highest BCUT2D eigenvalue weighted by Gasteiger charge is 2.61. The smallest absolute Gasteiger partial charge is 0.217 e. The maximum Gasteiger partial charge on any atom is 0.217 e. The number of aliphatic hydroxyl groups excluding tert-OH is 24. The van der Waals surface area contributed by atoms with Gasteiger partial charge in [0.2, 0.25) is 17.7 Å². The van der Waals surface area contributed by atoms with Crippen molar-refractivity contribution in [1.29, 1.82) is 0 Å². The Morgan fingerprint density at radius 3 is 1.11 bits per heavy atom. The molecule has 9 aliphatic heterocycles. The summed E-state index contributed by atoms with van der Waals surface area (Å²) in [5.74, 6) is -2.72. The largest absolute Gasteiger partial charge is 0.394 e. The number of hydrogen-bond donors (Lipinski definition) is 27. The van der Waals surface area contributed by atoms with Crippen LogP contribution in [0.4, 0.5) is 0 Å². The molecule has 1 unspecified atom stereocenters. The summed E-state index contributed by atoms with van der Waals surface area (Å²) in [5.41, 5.74) is 0. The van der Waals surface area contributed by atoms with Gasteiger partial charge in [-0.15, -0.1) is 0 Å². The van der Waals surface area contributed by atoms with Crippen LogP contribution >= 0.6 is 0 Å². The molecule has 9 fully saturated rings. The molecule has 0 spiro atoms. The third-order valence-corrected chi connectivity index (χ3v) is 19.6. The number of ether oxygens (including phenoxy) is 17. The molecule has 0 bridgehead atoms. The van der Waals surface area contributed by atoms with Gasteiger partial charge in [0.05, 0.1) is 59.0 Å². The van der Waals surface area contributed by atoms with Gasteiger partial charge in [-0.3, -0.25) is 14.4 Å². The second-order valence-electron chi connectivity index (χ2n) is 26.9. The fourth-order valence-electron chi connectivity index (χ4n) is 13.8. The second kappa shape index (κ2) is 37.6. The fraction of sp³-hybridized carbons (Fsp3) is 0.949. The van der Waals surface area contributed by atoms with Gasteiger partial charge in [-0.05, 0) is 6.92 Å². The van der Waals surface area contributed by atoms with Gasteiger partial charge in [-0.25, -0.2) is 0 Å². The average molecular weight is 1550 g/mol. The van der Waals surface area contributed by atoms with Gasteiger partial charge in [0.25, 0.3) is 0 Å². The number of carbonyl (C=O) groups is 3. The summed E-state index contributed by atoms with van der Waals surface area (Å²) in [4.78, 5) is 38.8. The first-order valence-corrected chi connectivity index (χ1v) is 33.9. The lowest BCUT2D eigenvalue weighted by molar-refractivity contribution is -0.403. The Kier molecular flexibility index (Phi) is 30.8. The van der Waals surface area contributed by atoms with Crippen molar-refractivity contribution in [3.63, 3.8) is 0 Å². The van der Waals surface area contributed by atoms with Crippen molar-refractivity contribution >= 4 is 17.7 Å². The first kappa shape index (κ1) is 86.7. The monoisotopic (exact) mass is 1550 g/mol. The molecule has 614 valence electrons. The number of amides is 3. The average Bonchev–Trinajstić information content (AvgIpc) is 0.891. The first-order chi connectivity index (χ1) is 50.2. The van der Waals surface area contributed by atoms with E-state index in [2.05, 4.69) is 16.0 Å². The van der Waals surface area contributed by atoms with E-state index >= 15 is 0 Å². The van der Waals surface area contributed by atoms with E-state index in [4.69, 9.17) is 80.5 Å². The highest BCUT2D eigenvalue weighted by molar-refractivity contribution is 5.74. The third kappa shape index (κ3) is 18.7. The van der Waals surface area contributed by atoms with Gasteiger partial charge in [0, 0.05) is 20.8 Å². The zero-order valence-electron chi connectivity index (χ0n) is 57.0. The van der Waals surface area contributed by atoms with E-state index in [0.717, 1.165) is 20.8 Å². The molecule has 9 heterocycles. The van der Waals surface area contributed by atoms with Gasteiger partial charge in [0.15, 0.2) is 56.6 Å². The van der Waals surface area contributed by atoms with Crippen molar-refractivity contribution in [1.82, 2.24) is 16.0 Å². The Labute approximate surface area is 600 Å². The summed E-state index contributed by atoms with van der Waals surface area (Å²) in [5, 5.41) is 272. The zero-order valence-corrected chi connectivity index (χ0v) is 57.0. The van der Waals surface area contributed by atoms with Crippen molar-refractivity contribution in [2.45, 2.75) is 298 Å². The van der Waals surface area contributed by atoms with Gasteiger partial charge in [-0.2, -0.15) is 0 Å². The lowest BCUT2D eigenvalue weighted by Crippen LogP contribution is -2.71. The van der Waals surface area contributed by atoms with E-state index in [1.165, 1.54) is 6.92 Å². The van der Waals surface area contributed by atoms with Crippen LogP contribution in [0.1, 0.15) is 27.7 Å². The van der Waals surface area contributed by atoms with E-state index < -0.39 is 341 Å². The molecular weight excluding hydrogens is 1450 g/mol. The van der Waals surface area contributed by atoms with Crippen molar-refractivity contribution in [3.05, 3.63) is 0 Å². The molecule has 0 aliphatic carbocycles. The second-order valence-corrected chi connectivity index (χ2v) is 26.9. The summed E-state index contributed by atoms with van der Waals surface area (Å²) in [6.07, 6.45) is -83.2. The molecule has 9 rings (SSSR count). The minimum Gasteiger partial charge on any atom is -0.394 e. The molecule has 47 nitrogen and oxygen atoms in total. The van der Waals surface area contributed by atoms with Gasteiger partial charge >= 0.3 is 0 Å². The summed E-state index contributed by atoms with van der Waals surface area (Å²) in [6.45, 7) is -4.43. The van der Waals surface area contributed by atoms with Crippen LogP contribution in [0.2, 0.25) is 0 Å². The number of nitrogens with one attached hydrogen (secondary N) is 3. The Bertz CT molecular complexity index is 2760. The predicted molar refractivity (Wildman–Crippen MR) is 324 cm³/mol. The van der Waals surface area contributed by atoms with Crippen molar-refractivity contribution in [2.24, 2.45) is 0 Å². The van der Waals surface area contributed by atoms with Crippen LogP contribution in [-0.2, 0) is 94.9 Å². The summed E-state index contributed by atoms with van der Waals surface area (Å²) in [7, 11) is 0. The van der Waals surface area contributed by atoms with Gasteiger partial charge in [0.1, 0.15) is 207 Å². The molecule has 9 aliphatic rings. The Morgan fingerprint density at radius 2 is 0.585 bits per heavy atom. The number of carbonyl (C=O) groups excluding carboxylic acids is 3. The Morgan fingerprint density at radius 1 is 0.264 bits per heavy atom. The minimum atomic E-state index is -2.52. The minimum absolute atomic E-state index is 0.841. The molecule has 27 N–H and O–H groups in total. The molecule has 0 saturated carbocycles. The van der Waals surface area contributed by atoms with Crippen LogP contribution in [0.25, 0.3) is 0 Å². The molecule has 0 aromatic rings. The Hall–Kier alpha value is -3.23. The normalized spacial score (nSPS) is 50.3. The molecule has 0 aromatic carbocycles. The predicted octanol–water partition coefficient (Wildman–Crippen LogP) is -18.5. The summed E-state index contributed by atoms with van der Waals surface area (Å²) in [6, 6.07) is -5.57. The highest BCUT2D eigenvalue weighted by atomic mass is 16.8. The van der Waals surface area contributed by atoms with Crippen LogP contribution in [0.5, 0.6) is 0 Å². The molecule has 0 radical (unpaired) electrons. The Balaban J connectivity index is 1.06. The molecule has 9 saturated heterocycles. The first-order valence-electron chi connectivity index (χ1n) is 33.9. The molecule has 47 heteroatoms. The molecular formula is C59H99N3O44. The molecule has 106 heavy (non-hydrogen) atoms. The number of rotatable bonds is 27. The van der Waals surface area contributed by atoms with Crippen LogP contribution in [0.15, 0.2) is 0 Å². The van der Waals surface area contributed by atoms with Crippen LogP contribution in [-0.4, -0.2) is 463 Å². The zero-order chi connectivity index (χ0) is 77.9. The van der Waals surface area contributed by atoms with E-state index in [-0.39, 0.29) is 0 Å². The summed E-state index contributed by atoms with van der Waals surface area (Å²) >= 11 is 0. The molecule has 44 atom stereocenters. The number of aliphatic hydroxyl groups is 24. The van der Waals surface area contributed by atoms with Crippen molar-refractivity contribution in [2.75, 3.05) is 52.9 Å². The molecule has 0 aromatic heterocycles. The maximum absolute atomic E-state index is 13.2. The van der Waals surface area contributed by atoms with Crippen molar-refractivity contribution in [3.8, 4) is 0 Å². The molecule has 3 amide bonds. The quantitative estimate of drug-likeness (QED) is 0.0363. The van der Waals surface area contributed by atoms with Crippen LogP contribution in [0.3, 0.4) is 0 Å². The summed E-state index contributed by atoms with van der Waals surface area (Å²) < 4.78 is 101. The fourth-order valence-corrected chi connectivity index (χ4v) is 13.8. The standard InChI is InChI=1S/C59H99N3O44/c1-13-28(73)35(80)41(86)55(91-13)104-48-26(61-15(3)71)51(89)92-23(11-69)46(48)102-52-25(60-14(2)70)34(79)44(21(9-67)97-52)101-59-50(106-56-39(84)31(76)19(7-65)96-56)49(33(78)24(99-59)12-90-54-40(85)36(81)29(74)17(5-63)94-54)105-58-43(88)38(83)45(22(10-68)98-58)100-53-27(62-16(4)72)47(32(77)20(8-66)93-53)103-57-42(87)37(82)30(75)18(6-64)95-57/h13,17-59,63-69,73-89H,5-12H2,1-4H3,(H,60,70)(H,61,71)(H,62,72)/t13-,17+,18+,19+,20+,21+,22+,23+,24+,25+,26+,27+,28+,29+,30-,31-,32+,33+,34+,35+,36-,37-,38+,39+,40-,41-,42+,43-,44+,45+,46+,47+,48+,49-,50-,51?,52-,53-,54-,55-,56-,57-,58+,59-/m0/s1. The lowest BCUT2D eigenvalue weighted by Gasteiger charge is -2.52. The van der Waals surface area contributed by atoms with Crippen molar-refractivity contribution < 1.29 is 217 Å². The topological polar surface area (TPSA) is 730 Å². The van der Waals surface area contributed by atoms with Gasteiger partial charge < -0.3 is 219 Å². The number of hydrogen-bond acceptors (Lipinski definition) is 44.